The molecule has 0 aromatic heterocycles. The van der Waals surface area contributed by atoms with Gasteiger partial charge in [-0.1, -0.05) is 30.5 Å². The van der Waals surface area contributed by atoms with E-state index < -0.39 is 5.41 Å². The van der Waals surface area contributed by atoms with E-state index in [1.165, 1.54) is 4.90 Å². The third kappa shape index (κ3) is 3.43. The Morgan fingerprint density at radius 3 is 2.44 bits per heavy atom. The van der Waals surface area contributed by atoms with Gasteiger partial charge in [-0.15, -0.1) is 0 Å². The van der Waals surface area contributed by atoms with Gasteiger partial charge in [-0.05, 0) is 31.0 Å². The van der Waals surface area contributed by atoms with Crippen LogP contribution in [0.15, 0.2) is 24.3 Å². The lowest BCUT2D eigenvalue weighted by atomic mass is 9.84. The number of carbonyl (C=O) groups excluding carboxylic acids is 3. The molecule has 4 rings (SSSR count). The van der Waals surface area contributed by atoms with Gasteiger partial charge in [0.2, 0.25) is 17.7 Å². The van der Waals surface area contributed by atoms with Gasteiger partial charge in [0, 0.05) is 43.3 Å². The summed E-state index contributed by atoms with van der Waals surface area (Å²) in [4.78, 5) is 42.9. The highest BCUT2D eigenvalue weighted by Gasteiger charge is 2.53. The fourth-order valence-electron chi connectivity index (χ4n) is 4.58. The fraction of sp³-hybridized carbons (Fsp3) is 0.550. The maximum Gasteiger partial charge on any atom is 0.242 e. The van der Waals surface area contributed by atoms with Crippen molar-refractivity contribution < 1.29 is 14.4 Å². The van der Waals surface area contributed by atoms with Gasteiger partial charge in [0.15, 0.2) is 0 Å². The molecule has 0 atom stereocenters. The lowest BCUT2D eigenvalue weighted by molar-refractivity contribution is -0.147. The molecular formula is C20H24ClN3O3. The van der Waals surface area contributed by atoms with Gasteiger partial charge in [0.05, 0.1) is 5.41 Å². The first-order valence-electron chi connectivity index (χ1n) is 9.62. The average Bonchev–Trinajstić information content (AvgIpc) is 3.23. The zero-order valence-electron chi connectivity index (χ0n) is 15.3. The van der Waals surface area contributed by atoms with Crippen molar-refractivity contribution in [3.05, 3.63) is 29.3 Å². The Labute approximate surface area is 164 Å². The third-order valence-corrected chi connectivity index (χ3v) is 6.38. The largest absolute Gasteiger partial charge is 0.368 e. The number of carbonyl (C=O) groups is 3. The number of anilines is 1. The van der Waals surface area contributed by atoms with E-state index in [2.05, 4.69) is 4.90 Å². The molecular weight excluding hydrogens is 366 g/mol. The molecule has 27 heavy (non-hydrogen) atoms. The second-order valence-corrected chi connectivity index (χ2v) is 8.23. The van der Waals surface area contributed by atoms with Gasteiger partial charge in [0.1, 0.15) is 6.54 Å². The molecule has 0 unspecified atom stereocenters. The van der Waals surface area contributed by atoms with Crippen LogP contribution >= 0.6 is 11.6 Å². The van der Waals surface area contributed by atoms with Gasteiger partial charge in [-0.25, -0.2) is 0 Å². The minimum atomic E-state index is -0.511. The molecule has 1 aromatic carbocycles. The Hall–Kier alpha value is -2.08. The zero-order chi connectivity index (χ0) is 19.0. The quantitative estimate of drug-likeness (QED) is 0.744. The molecule has 1 aliphatic carbocycles. The molecule has 6 nitrogen and oxygen atoms in total. The highest BCUT2D eigenvalue weighted by molar-refractivity contribution is 6.30. The lowest BCUT2D eigenvalue weighted by Gasteiger charge is -2.36. The first-order chi connectivity index (χ1) is 13.0. The maximum atomic E-state index is 12.7. The van der Waals surface area contributed by atoms with Gasteiger partial charge < -0.3 is 9.80 Å². The molecule has 144 valence electrons. The molecule has 1 spiro atoms. The highest BCUT2D eigenvalue weighted by atomic mass is 35.5. The van der Waals surface area contributed by atoms with E-state index in [1.54, 1.807) is 4.90 Å². The van der Waals surface area contributed by atoms with Crippen molar-refractivity contribution in [2.75, 3.05) is 37.6 Å². The molecule has 0 N–H and O–H groups in total. The first-order valence-corrected chi connectivity index (χ1v) is 9.99. The van der Waals surface area contributed by atoms with Crippen LogP contribution < -0.4 is 4.90 Å². The van der Waals surface area contributed by atoms with E-state index in [0.29, 0.717) is 31.2 Å². The Morgan fingerprint density at radius 1 is 1.07 bits per heavy atom. The molecule has 3 aliphatic rings. The van der Waals surface area contributed by atoms with Crippen molar-refractivity contribution in [1.82, 2.24) is 9.80 Å². The second kappa shape index (κ2) is 7.15. The Bertz CT molecular complexity index is 767. The van der Waals surface area contributed by atoms with E-state index in [0.717, 1.165) is 31.4 Å². The standard InChI is InChI=1S/C20H24ClN3O3/c21-15-4-3-5-16(12-15)22-8-10-23(11-9-22)18(26)14-24-17(25)13-20(19(24)27)6-1-2-7-20/h3-5,12H,1-2,6-11,13-14H2. The van der Waals surface area contributed by atoms with E-state index in [1.807, 2.05) is 24.3 Å². The van der Waals surface area contributed by atoms with Gasteiger partial charge in [-0.3, -0.25) is 19.3 Å². The number of likely N-dealkylation sites (tertiary alicyclic amines) is 1. The first kappa shape index (κ1) is 18.3. The third-order valence-electron chi connectivity index (χ3n) is 6.15. The number of hydrogen-bond donors (Lipinski definition) is 0. The summed E-state index contributed by atoms with van der Waals surface area (Å²) in [5, 5.41) is 0.693. The summed E-state index contributed by atoms with van der Waals surface area (Å²) in [6.45, 7) is 2.45. The van der Waals surface area contributed by atoms with Crippen molar-refractivity contribution >= 4 is 35.0 Å². The topological polar surface area (TPSA) is 60.9 Å². The van der Waals surface area contributed by atoms with Crippen LogP contribution in [0.4, 0.5) is 5.69 Å². The Morgan fingerprint density at radius 2 is 1.78 bits per heavy atom. The summed E-state index contributed by atoms with van der Waals surface area (Å²) in [6, 6.07) is 7.68. The molecule has 7 heteroatoms. The van der Waals surface area contributed by atoms with Gasteiger partial charge >= 0.3 is 0 Å². The van der Waals surface area contributed by atoms with Gasteiger partial charge in [0.25, 0.3) is 0 Å². The lowest BCUT2D eigenvalue weighted by Crippen LogP contribution is -2.52. The predicted molar refractivity (Wildman–Crippen MR) is 102 cm³/mol. The van der Waals surface area contributed by atoms with Gasteiger partial charge in [-0.2, -0.15) is 0 Å². The normalized spacial score (nSPS) is 22.2. The van der Waals surface area contributed by atoms with E-state index in [9.17, 15) is 14.4 Å². The molecule has 3 fully saturated rings. The number of piperazine rings is 1. The average molecular weight is 390 g/mol. The van der Waals surface area contributed by atoms with E-state index in [4.69, 9.17) is 11.6 Å². The number of benzene rings is 1. The zero-order valence-corrected chi connectivity index (χ0v) is 16.1. The predicted octanol–water partition coefficient (Wildman–Crippen LogP) is 2.31. The minimum absolute atomic E-state index is 0.115. The number of rotatable bonds is 3. The monoisotopic (exact) mass is 389 g/mol. The number of imide groups is 1. The number of nitrogens with zero attached hydrogens (tertiary/aromatic N) is 3. The van der Waals surface area contributed by atoms with E-state index >= 15 is 0 Å². The van der Waals surface area contributed by atoms with Crippen LogP contribution in [0.25, 0.3) is 0 Å². The summed E-state index contributed by atoms with van der Waals surface area (Å²) in [6.07, 6.45) is 3.82. The van der Waals surface area contributed by atoms with Crippen molar-refractivity contribution in [3.63, 3.8) is 0 Å². The van der Waals surface area contributed by atoms with Crippen molar-refractivity contribution in [2.24, 2.45) is 5.41 Å². The van der Waals surface area contributed by atoms with Crippen LogP contribution in [-0.2, 0) is 14.4 Å². The van der Waals surface area contributed by atoms with Crippen LogP contribution in [0.3, 0.4) is 0 Å². The Balaban J connectivity index is 1.35. The Kier molecular flexibility index (Phi) is 4.84. The molecule has 2 aliphatic heterocycles. The number of hydrogen-bond acceptors (Lipinski definition) is 4. The molecule has 0 bridgehead atoms. The molecule has 1 aromatic rings. The molecule has 0 radical (unpaired) electrons. The van der Waals surface area contributed by atoms with Crippen LogP contribution in [0.5, 0.6) is 0 Å². The summed E-state index contributed by atoms with van der Waals surface area (Å²) in [5.41, 5.74) is 0.533. The maximum absolute atomic E-state index is 12.7. The summed E-state index contributed by atoms with van der Waals surface area (Å²) < 4.78 is 0. The second-order valence-electron chi connectivity index (χ2n) is 7.80. The summed E-state index contributed by atoms with van der Waals surface area (Å²) in [5.74, 6) is -0.457. The van der Waals surface area contributed by atoms with Crippen molar-refractivity contribution in [2.45, 2.75) is 32.1 Å². The van der Waals surface area contributed by atoms with Crippen molar-refractivity contribution in [1.29, 1.82) is 0 Å². The van der Waals surface area contributed by atoms with Crippen molar-refractivity contribution in [3.8, 4) is 0 Å². The molecule has 2 heterocycles. The molecule has 3 amide bonds. The summed E-state index contributed by atoms with van der Waals surface area (Å²) in [7, 11) is 0. The summed E-state index contributed by atoms with van der Waals surface area (Å²) >= 11 is 6.06. The molecule has 2 saturated heterocycles. The smallest absolute Gasteiger partial charge is 0.242 e. The van der Waals surface area contributed by atoms with E-state index in [-0.39, 0.29) is 30.7 Å². The SMILES string of the molecule is O=C(CN1C(=O)CC2(CCCC2)C1=O)N1CCN(c2cccc(Cl)c2)CC1. The van der Waals surface area contributed by atoms with Crippen LogP contribution in [-0.4, -0.2) is 60.2 Å². The fourth-order valence-corrected chi connectivity index (χ4v) is 4.77. The highest BCUT2D eigenvalue weighted by Crippen LogP contribution is 2.46. The van der Waals surface area contributed by atoms with Crippen LogP contribution in [0, 0.1) is 5.41 Å². The van der Waals surface area contributed by atoms with Crippen LogP contribution in [0.1, 0.15) is 32.1 Å². The minimum Gasteiger partial charge on any atom is -0.368 e. The number of halogens is 1. The van der Waals surface area contributed by atoms with Crippen LogP contribution in [0.2, 0.25) is 5.02 Å². The number of amides is 3. The molecule has 1 saturated carbocycles.